The van der Waals surface area contributed by atoms with Crippen molar-refractivity contribution in [3.8, 4) is 0 Å². The third kappa shape index (κ3) is 75.0. The molecule has 9 heteroatoms. The van der Waals surface area contributed by atoms with Crippen LogP contribution in [0.25, 0.3) is 0 Å². The lowest BCUT2D eigenvalue weighted by molar-refractivity contribution is -0.870. The van der Waals surface area contributed by atoms with Crippen molar-refractivity contribution in [3.63, 3.8) is 0 Å². The van der Waals surface area contributed by atoms with Gasteiger partial charge >= 0.3 is 17.9 Å². The number of allylic oxidation sites excluding steroid dienone is 4. The van der Waals surface area contributed by atoms with Crippen molar-refractivity contribution in [3.05, 3.63) is 24.3 Å². The minimum Gasteiger partial charge on any atom is -0.477 e. The molecule has 0 amide bonds. The summed E-state index contributed by atoms with van der Waals surface area (Å²) in [5.41, 5.74) is 0. The smallest absolute Gasteiger partial charge is 0.361 e. The number of rotatable bonds is 77. The molecule has 0 saturated heterocycles. The molecular formula is C82H158NO8+. The maximum atomic E-state index is 13.0. The molecule has 2 atom stereocenters. The lowest BCUT2D eigenvalue weighted by Crippen LogP contribution is -2.40. The molecule has 538 valence electrons. The van der Waals surface area contributed by atoms with Crippen LogP contribution in [-0.2, 0) is 33.3 Å². The van der Waals surface area contributed by atoms with Gasteiger partial charge in [-0.2, -0.15) is 0 Å². The molecule has 0 bridgehead atoms. The van der Waals surface area contributed by atoms with E-state index in [1.54, 1.807) is 0 Å². The van der Waals surface area contributed by atoms with Gasteiger partial charge in [-0.05, 0) is 44.9 Å². The van der Waals surface area contributed by atoms with Crippen LogP contribution in [0.2, 0.25) is 0 Å². The van der Waals surface area contributed by atoms with E-state index in [2.05, 4.69) is 38.2 Å². The molecule has 91 heavy (non-hydrogen) atoms. The van der Waals surface area contributed by atoms with Gasteiger partial charge in [-0.25, -0.2) is 4.79 Å². The van der Waals surface area contributed by atoms with E-state index in [0.29, 0.717) is 17.4 Å². The second-order valence-corrected chi connectivity index (χ2v) is 29.1. The van der Waals surface area contributed by atoms with E-state index in [4.69, 9.17) is 18.9 Å². The lowest BCUT2D eigenvalue weighted by atomic mass is 10.0. The van der Waals surface area contributed by atoms with E-state index >= 15 is 0 Å². The first-order valence-corrected chi connectivity index (χ1v) is 40.5. The minimum absolute atomic E-state index is 0.175. The van der Waals surface area contributed by atoms with Gasteiger partial charge in [0.2, 0.25) is 0 Å². The van der Waals surface area contributed by atoms with Crippen molar-refractivity contribution in [1.29, 1.82) is 0 Å². The summed E-state index contributed by atoms with van der Waals surface area (Å²) in [7, 11) is 6.00. The highest BCUT2D eigenvalue weighted by molar-refractivity contribution is 5.71. The number of likely N-dealkylation sites (N-methyl/N-ethyl adjacent to an activating group) is 1. The van der Waals surface area contributed by atoms with Gasteiger partial charge in [0.05, 0.1) is 34.4 Å². The molecule has 0 radical (unpaired) electrons. The van der Waals surface area contributed by atoms with Gasteiger partial charge in [0.25, 0.3) is 6.29 Å². The van der Waals surface area contributed by atoms with Gasteiger partial charge < -0.3 is 28.5 Å². The van der Waals surface area contributed by atoms with Gasteiger partial charge in [-0.3, -0.25) is 9.59 Å². The Bertz CT molecular complexity index is 1540. The van der Waals surface area contributed by atoms with E-state index in [-0.39, 0.29) is 38.2 Å². The highest BCUT2D eigenvalue weighted by Gasteiger charge is 2.25. The number of carboxylic acid groups (broad SMARTS) is 1. The molecule has 0 aliphatic rings. The van der Waals surface area contributed by atoms with Gasteiger partial charge in [0.1, 0.15) is 13.2 Å². The van der Waals surface area contributed by atoms with Crippen molar-refractivity contribution in [2.45, 2.75) is 437 Å². The number of esters is 2. The highest BCUT2D eigenvalue weighted by Crippen LogP contribution is 2.20. The van der Waals surface area contributed by atoms with Crippen molar-refractivity contribution < 1.29 is 42.9 Å². The number of nitrogens with zero attached hydrogens (tertiary/aromatic N) is 1. The summed E-state index contributed by atoms with van der Waals surface area (Å²) >= 11 is 0. The second-order valence-electron chi connectivity index (χ2n) is 29.1. The van der Waals surface area contributed by atoms with Crippen molar-refractivity contribution in [2.24, 2.45) is 0 Å². The number of quaternary nitrogens is 1. The summed E-state index contributed by atoms with van der Waals surface area (Å²) in [6.45, 7) is 4.95. The van der Waals surface area contributed by atoms with Gasteiger partial charge in [-0.15, -0.1) is 0 Å². The van der Waals surface area contributed by atoms with Crippen LogP contribution < -0.4 is 0 Å². The molecule has 0 aromatic heterocycles. The zero-order valence-electron chi connectivity index (χ0n) is 61.8. The van der Waals surface area contributed by atoms with E-state index in [1.807, 2.05) is 21.1 Å². The minimum atomic E-state index is -1.51. The Balaban J connectivity index is 3.92. The van der Waals surface area contributed by atoms with E-state index in [0.717, 1.165) is 44.9 Å². The lowest BCUT2D eigenvalue weighted by Gasteiger charge is -2.25. The van der Waals surface area contributed by atoms with Crippen LogP contribution in [0.15, 0.2) is 24.3 Å². The molecule has 0 spiro atoms. The number of hydrogen-bond donors (Lipinski definition) is 1. The first kappa shape index (κ1) is 88.8. The van der Waals surface area contributed by atoms with Gasteiger partial charge in [0.15, 0.2) is 6.10 Å². The maximum absolute atomic E-state index is 13.0. The summed E-state index contributed by atoms with van der Waals surface area (Å²) in [6.07, 6.45) is 90.6. The number of hydrogen-bond acceptors (Lipinski definition) is 7. The van der Waals surface area contributed by atoms with Crippen molar-refractivity contribution >= 4 is 17.9 Å². The van der Waals surface area contributed by atoms with Crippen LogP contribution in [-0.4, -0.2) is 87.4 Å². The van der Waals surface area contributed by atoms with Crippen LogP contribution in [0.3, 0.4) is 0 Å². The first-order chi connectivity index (χ1) is 44.6. The maximum Gasteiger partial charge on any atom is 0.361 e. The van der Waals surface area contributed by atoms with Crippen LogP contribution in [0, 0.1) is 0 Å². The summed E-state index contributed by atoms with van der Waals surface area (Å²) in [4.78, 5) is 37.7. The predicted octanol–water partition coefficient (Wildman–Crippen LogP) is 25.7. The molecule has 1 N–H and O–H groups in total. The molecule has 0 fully saturated rings. The zero-order valence-corrected chi connectivity index (χ0v) is 61.8. The number of unbranched alkanes of at least 4 members (excludes halogenated alkanes) is 58. The normalized spacial score (nSPS) is 12.7. The van der Waals surface area contributed by atoms with Crippen LogP contribution >= 0.6 is 0 Å². The zero-order chi connectivity index (χ0) is 66.1. The Hall–Kier alpha value is -2.23. The van der Waals surface area contributed by atoms with Gasteiger partial charge in [0, 0.05) is 12.8 Å². The Morgan fingerprint density at radius 2 is 0.593 bits per heavy atom. The molecule has 0 aromatic rings. The fraction of sp³-hybridized carbons (Fsp3) is 0.915. The topological polar surface area (TPSA) is 108 Å². The average molecular weight is 1290 g/mol. The Morgan fingerprint density at radius 3 is 0.868 bits per heavy atom. The monoisotopic (exact) mass is 1290 g/mol. The molecule has 0 aliphatic carbocycles. The van der Waals surface area contributed by atoms with E-state index in [9.17, 15) is 19.5 Å². The summed E-state index contributed by atoms with van der Waals surface area (Å²) in [5, 5.41) is 9.77. The molecule has 0 aliphatic heterocycles. The number of carboxylic acids is 1. The largest absolute Gasteiger partial charge is 0.477 e. The van der Waals surface area contributed by atoms with Crippen LogP contribution in [0.1, 0.15) is 425 Å². The molecule has 0 aromatic carbocycles. The number of ether oxygens (including phenoxy) is 4. The Labute approximate surface area is 567 Å². The molecule has 2 unspecified atom stereocenters. The van der Waals surface area contributed by atoms with Crippen molar-refractivity contribution in [2.75, 3.05) is 47.5 Å². The highest BCUT2D eigenvalue weighted by atomic mass is 16.7. The molecule has 0 rings (SSSR count). The number of carbonyl (C=O) groups excluding carboxylic acids is 2. The SMILES string of the molecule is CCCCCCC/C=C\C/C=C\CCCCCCCCCCCCCCCCCC(=O)OC(COC(=O)CCCCCCCCCCCCCCCCCCCCCCCCCCCCCCCCCCCCCCCCC)COC(OCC[N+](C)(C)C)C(=O)O. The number of aliphatic carboxylic acids is 1. The first-order valence-electron chi connectivity index (χ1n) is 40.5. The fourth-order valence-corrected chi connectivity index (χ4v) is 12.5. The van der Waals surface area contributed by atoms with E-state index in [1.165, 1.54) is 353 Å². The second kappa shape index (κ2) is 73.6. The third-order valence-corrected chi connectivity index (χ3v) is 18.7. The quantitative estimate of drug-likeness (QED) is 0.0211. The molecule has 0 heterocycles. The van der Waals surface area contributed by atoms with E-state index < -0.39 is 18.4 Å². The third-order valence-electron chi connectivity index (χ3n) is 18.7. The van der Waals surface area contributed by atoms with Crippen molar-refractivity contribution in [1.82, 2.24) is 0 Å². The molecule has 0 saturated carbocycles. The fourth-order valence-electron chi connectivity index (χ4n) is 12.5. The summed E-state index contributed by atoms with van der Waals surface area (Å²) in [5.74, 6) is -1.97. The average Bonchev–Trinajstić information content (AvgIpc) is 3.46. The summed E-state index contributed by atoms with van der Waals surface area (Å²) in [6, 6.07) is 0. The molecule has 9 nitrogen and oxygen atoms in total. The predicted molar refractivity (Wildman–Crippen MR) is 392 cm³/mol. The Kier molecular flexibility index (Phi) is 71.8. The van der Waals surface area contributed by atoms with Gasteiger partial charge in [-0.1, -0.05) is 391 Å². The Morgan fingerprint density at radius 1 is 0.330 bits per heavy atom. The van der Waals surface area contributed by atoms with Crippen LogP contribution in [0.5, 0.6) is 0 Å². The number of carbonyl (C=O) groups is 3. The standard InChI is InChI=1S/C82H157NO8/c1-6-8-10-12-14-16-18-20-22-24-26-28-30-32-34-35-36-37-38-39-40-41-42-43-44-45-47-48-50-52-54-56-58-60-62-64-66-68-70-72-79(84)89-76-78(77-90-82(81(86)87)88-75-74-83(3,4)5)91-80(85)73-71-69-67-65-63-61-59-57-55-53-51-49-46-33-31-29-27-25-23-21-19-17-15-13-11-9-7-2/h19,21,25,27,78,82H,6-18,20,22-24,26,28-77H2,1-5H3/p+1/b21-19-,27-25-. The van der Waals surface area contributed by atoms with Crippen LogP contribution in [0.4, 0.5) is 0 Å². The molecular weight excluding hydrogens is 1130 g/mol. The summed E-state index contributed by atoms with van der Waals surface area (Å²) < 4.78 is 23.1.